The van der Waals surface area contributed by atoms with E-state index in [0.29, 0.717) is 29.6 Å². The molecule has 0 N–H and O–H groups in total. The molecule has 8 heteroatoms. The van der Waals surface area contributed by atoms with E-state index in [-0.39, 0.29) is 18.1 Å². The van der Waals surface area contributed by atoms with Gasteiger partial charge in [-0.2, -0.15) is 12.6 Å². The first-order valence-corrected chi connectivity index (χ1v) is 12.3. The van der Waals surface area contributed by atoms with Gasteiger partial charge in [0.1, 0.15) is 18.1 Å². The molecule has 0 aromatic heterocycles. The fraction of sp³-hybridized carbons (Fsp3) is 0.545. The zero-order valence-corrected chi connectivity index (χ0v) is 19.9. The van der Waals surface area contributed by atoms with E-state index < -0.39 is 33.6 Å². The van der Waals surface area contributed by atoms with Crippen LogP contribution >= 0.6 is 24.2 Å². The minimum absolute atomic E-state index is 0.176. The summed E-state index contributed by atoms with van der Waals surface area (Å²) >= 11 is 9.71. The molecule has 2 heterocycles. The van der Waals surface area contributed by atoms with Gasteiger partial charge in [0, 0.05) is 28.0 Å². The number of hydrogen-bond acceptors (Lipinski definition) is 4. The second kappa shape index (κ2) is 11.8. The van der Waals surface area contributed by atoms with Crippen molar-refractivity contribution in [3.05, 3.63) is 52.8 Å². The number of fused-ring (bicyclic) bond motifs is 3. The summed E-state index contributed by atoms with van der Waals surface area (Å²) in [5.41, 5.74) is 0.176. The summed E-state index contributed by atoms with van der Waals surface area (Å²) < 4.78 is 52.9. The Morgan fingerprint density at radius 3 is 2.53 bits per heavy atom. The maximum Gasteiger partial charge on any atom is 0.149 e. The van der Waals surface area contributed by atoms with Crippen molar-refractivity contribution >= 4 is 35.0 Å². The molecule has 1 aromatic rings. The molecule has 1 aromatic carbocycles. The van der Waals surface area contributed by atoms with Crippen molar-refractivity contribution in [2.45, 2.75) is 49.1 Å². The lowest BCUT2D eigenvalue weighted by Crippen LogP contribution is -2.60. The molecule has 3 nitrogen and oxygen atoms in total. The minimum atomic E-state index is -1.59. The van der Waals surface area contributed by atoms with Crippen LogP contribution in [0.25, 0.3) is 0 Å². The Bertz CT molecular complexity index is 785. The molecule has 2 aliphatic heterocycles. The summed E-state index contributed by atoms with van der Waals surface area (Å²) in [6, 6.07) is 6.66. The number of alkyl halides is 1. The zero-order chi connectivity index (χ0) is 22.3. The molecule has 4 unspecified atom stereocenters. The molecule has 5 atom stereocenters. The summed E-state index contributed by atoms with van der Waals surface area (Å²) in [4.78, 5) is 0.544. The van der Waals surface area contributed by atoms with E-state index in [1.807, 2.05) is 20.8 Å². The van der Waals surface area contributed by atoms with E-state index in [1.54, 1.807) is 24.3 Å². The average molecular weight is 479 g/mol. The average Bonchev–Trinajstić information content (AvgIpc) is 2.77. The van der Waals surface area contributed by atoms with E-state index in [9.17, 15) is 13.0 Å². The predicted molar refractivity (Wildman–Crippen MR) is 122 cm³/mol. The van der Waals surface area contributed by atoms with Gasteiger partial charge >= 0.3 is 0 Å². The Labute approximate surface area is 190 Å². The van der Waals surface area contributed by atoms with Crippen LogP contribution in [0.15, 0.2) is 52.7 Å². The molecule has 0 amide bonds. The molecule has 4 rings (SSSR count). The van der Waals surface area contributed by atoms with Gasteiger partial charge in [-0.15, -0.1) is 0 Å². The normalized spacial score (nSPS) is 30.7. The van der Waals surface area contributed by atoms with Crippen LogP contribution in [0.4, 0.5) is 8.78 Å². The van der Waals surface area contributed by atoms with Crippen molar-refractivity contribution in [2.24, 2.45) is 5.92 Å². The first kappa shape index (κ1) is 25.5. The second-order valence-electron chi connectivity index (χ2n) is 6.77. The van der Waals surface area contributed by atoms with Crippen LogP contribution in [0.5, 0.6) is 0 Å². The molecule has 0 spiro atoms. The molecule has 0 bridgehead atoms. The highest BCUT2D eigenvalue weighted by molar-refractivity contribution is 7.86. The number of halogens is 3. The number of hydrogen-bond donors (Lipinski definition) is 1. The van der Waals surface area contributed by atoms with Crippen LogP contribution in [-0.2, 0) is 20.3 Å². The Balaban J connectivity index is 0.000000590. The standard InChI is InChI=1S/C18H17ClF2O3S.C2H6S.C2H6/c19-12-1-3-13(4-2-12)25(22)18-7-8-23-9-11(18)10-24-17-15(21)6-5-14(20)16(17)18;1-2-3;1-2/h1-6,11,15,17H,7-10H2;3H,2H2,1H3;1-2H3/t11?,15?,17?,18-,25?;;/m0../s1. The van der Waals surface area contributed by atoms with E-state index in [2.05, 4.69) is 12.6 Å². The SMILES string of the molecule is CC.CCS.O=S(c1ccc(Cl)cc1)[C@@]12CCOCC1COC1C2=C(F)C=CC1F. The highest BCUT2D eigenvalue weighted by Crippen LogP contribution is 2.50. The van der Waals surface area contributed by atoms with Crippen molar-refractivity contribution in [1.82, 2.24) is 0 Å². The van der Waals surface area contributed by atoms with Crippen LogP contribution in [-0.4, -0.2) is 46.8 Å². The largest absolute Gasteiger partial charge is 0.381 e. The van der Waals surface area contributed by atoms with Crippen LogP contribution in [0, 0.1) is 5.92 Å². The highest BCUT2D eigenvalue weighted by atomic mass is 35.5. The molecule has 0 saturated carbocycles. The van der Waals surface area contributed by atoms with Crippen molar-refractivity contribution in [2.75, 3.05) is 25.6 Å². The van der Waals surface area contributed by atoms with Crippen molar-refractivity contribution in [1.29, 1.82) is 0 Å². The Morgan fingerprint density at radius 2 is 1.90 bits per heavy atom. The molecular weight excluding hydrogens is 450 g/mol. The number of thiol groups is 1. The Morgan fingerprint density at radius 1 is 1.27 bits per heavy atom. The summed E-state index contributed by atoms with van der Waals surface area (Å²) in [6.45, 7) is 6.83. The first-order chi connectivity index (χ1) is 14.5. The van der Waals surface area contributed by atoms with Crippen LogP contribution in [0.1, 0.15) is 27.2 Å². The van der Waals surface area contributed by atoms with Gasteiger partial charge in [0.2, 0.25) is 0 Å². The summed E-state index contributed by atoms with van der Waals surface area (Å²) in [5.74, 6) is 0.0984. The lowest BCUT2D eigenvalue weighted by molar-refractivity contribution is -0.0746. The van der Waals surface area contributed by atoms with Crippen molar-refractivity contribution < 1.29 is 22.5 Å². The molecule has 2 fully saturated rings. The topological polar surface area (TPSA) is 35.5 Å². The smallest absolute Gasteiger partial charge is 0.149 e. The molecule has 2 saturated heterocycles. The molecule has 0 radical (unpaired) electrons. The van der Waals surface area contributed by atoms with Crippen molar-refractivity contribution in [3.63, 3.8) is 0 Å². The summed E-state index contributed by atoms with van der Waals surface area (Å²) in [7, 11) is -1.59. The van der Waals surface area contributed by atoms with E-state index in [4.69, 9.17) is 21.1 Å². The summed E-state index contributed by atoms with van der Waals surface area (Å²) in [6.07, 6.45) is 0.157. The predicted octanol–water partition coefficient (Wildman–Crippen LogP) is 5.72. The van der Waals surface area contributed by atoms with Gasteiger partial charge in [0.05, 0.1) is 28.8 Å². The fourth-order valence-corrected chi connectivity index (χ4v) is 5.99. The monoisotopic (exact) mass is 478 g/mol. The Hall–Kier alpha value is -0.730. The molecule has 3 aliphatic rings. The fourth-order valence-electron chi connectivity index (χ4n) is 3.94. The van der Waals surface area contributed by atoms with Gasteiger partial charge in [-0.25, -0.2) is 8.78 Å². The quantitative estimate of drug-likeness (QED) is 0.552. The molecule has 1 aliphatic carbocycles. The third-order valence-corrected chi connectivity index (χ3v) is 7.52. The number of rotatable bonds is 2. The maximum absolute atomic E-state index is 14.8. The maximum atomic E-state index is 14.8. The van der Waals surface area contributed by atoms with E-state index in [1.165, 1.54) is 0 Å². The van der Waals surface area contributed by atoms with E-state index in [0.717, 1.165) is 17.9 Å². The third kappa shape index (κ3) is 5.01. The zero-order valence-electron chi connectivity index (χ0n) is 17.4. The lowest BCUT2D eigenvalue weighted by atomic mass is 9.74. The highest BCUT2D eigenvalue weighted by Gasteiger charge is 2.58. The van der Waals surface area contributed by atoms with Gasteiger partial charge in [-0.05, 0) is 48.6 Å². The first-order valence-electron chi connectivity index (χ1n) is 10.2. The van der Waals surface area contributed by atoms with Gasteiger partial charge < -0.3 is 9.47 Å². The second-order valence-corrected chi connectivity index (χ2v) is 9.58. The third-order valence-electron chi connectivity index (χ3n) is 5.15. The van der Waals surface area contributed by atoms with Gasteiger partial charge in [-0.3, -0.25) is 4.21 Å². The van der Waals surface area contributed by atoms with Crippen LogP contribution in [0.3, 0.4) is 0 Å². The van der Waals surface area contributed by atoms with Crippen molar-refractivity contribution in [3.8, 4) is 0 Å². The van der Waals surface area contributed by atoms with E-state index >= 15 is 0 Å². The molecular formula is C22H29ClF2O3S2. The molecule has 30 heavy (non-hydrogen) atoms. The minimum Gasteiger partial charge on any atom is -0.381 e. The Kier molecular flexibility index (Phi) is 10.0. The van der Waals surface area contributed by atoms with Crippen LogP contribution < -0.4 is 0 Å². The van der Waals surface area contributed by atoms with Gasteiger partial charge in [-0.1, -0.05) is 32.4 Å². The van der Waals surface area contributed by atoms with Gasteiger partial charge in [0.25, 0.3) is 0 Å². The lowest BCUT2D eigenvalue weighted by Gasteiger charge is -2.51. The van der Waals surface area contributed by atoms with Gasteiger partial charge in [0.15, 0.2) is 0 Å². The number of benzene rings is 1. The molecule has 168 valence electrons. The number of allylic oxidation sites excluding steroid dienone is 2. The van der Waals surface area contributed by atoms with Crippen LogP contribution in [0.2, 0.25) is 5.02 Å². The summed E-state index contributed by atoms with van der Waals surface area (Å²) in [5, 5.41) is 0.529. The number of ether oxygens (including phenoxy) is 2.